The van der Waals surface area contributed by atoms with Gasteiger partial charge in [-0.05, 0) is 56.9 Å². The van der Waals surface area contributed by atoms with Gasteiger partial charge in [0.15, 0.2) is 0 Å². The summed E-state index contributed by atoms with van der Waals surface area (Å²) in [4.78, 5) is 4.44. The summed E-state index contributed by atoms with van der Waals surface area (Å²) in [7, 11) is 0. The fourth-order valence-electron chi connectivity index (χ4n) is 2.53. The second kappa shape index (κ2) is 6.27. The van der Waals surface area contributed by atoms with Crippen molar-refractivity contribution >= 4 is 17.0 Å². The topological polar surface area (TPSA) is 34.2 Å². The van der Waals surface area contributed by atoms with E-state index in [-0.39, 0.29) is 0 Å². The molecule has 1 aliphatic rings. The molecule has 1 N–H and O–H groups in total. The SMILES string of the molecule is Cc1nc(CNc2ccc(OC3CCCC3)cc2)cs1. The first-order valence-electron chi connectivity index (χ1n) is 7.21. The third kappa shape index (κ3) is 3.51. The van der Waals surface area contributed by atoms with Gasteiger partial charge in [-0.15, -0.1) is 11.3 Å². The lowest BCUT2D eigenvalue weighted by Gasteiger charge is -2.13. The molecule has 0 radical (unpaired) electrons. The van der Waals surface area contributed by atoms with Crippen molar-refractivity contribution in [2.75, 3.05) is 5.32 Å². The summed E-state index contributed by atoms with van der Waals surface area (Å²) in [6.07, 6.45) is 5.42. The Hall–Kier alpha value is -1.55. The maximum Gasteiger partial charge on any atom is 0.119 e. The first-order chi connectivity index (χ1) is 9.79. The van der Waals surface area contributed by atoms with Crippen LogP contribution in [0.2, 0.25) is 0 Å². The molecule has 1 aromatic carbocycles. The number of anilines is 1. The lowest BCUT2D eigenvalue weighted by Crippen LogP contribution is -2.10. The monoisotopic (exact) mass is 288 g/mol. The average Bonchev–Trinajstić information content (AvgIpc) is 3.10. The molecule has 4 heteroatoms. The number of hydrogen-bond donors (Lipinski definition) is 1. The van der Waals surface area contributed by atoms with Crippen LogP contribution in [0, 0.1) is 6.92 Å². The van der Waals surface area contributed by atoms with Gasteiger partial charge in [-0.2, -0.15) is 0 Å². The van der Waals surface area contributed by atoms with Gasteiger partial charge in [0.25, 0.3) is 0 Å². The largest absolute Gasteiger partial charge is 0.490 e. The molecule has 3 nitrogen and oxygen atoms in total. The fourth-order valence-corrected chi connectivity index (χ4v) is 3.14. The van der Waals surface area contributed by atoms with Crippen LogP contribution in [0.15, 0.2) is 29.6 Å². The summed E-state index contributed by atoms with van der Waals surface area (Å²) in [6, 6.07) is 8.24. The standard InChI is InChI=1S/C16H20N2OS/c1-12-18-14(11-20-12)10-17-13-6-8-16(9-7-13)19-15-4-2-3-5-15/h6-9,11,15,17H,2-5,10H2,1H3. The Morgan fingerprint density at radius 2 is 2.00 bits per heavy atom. The molecule has 2 aromatic rings. The summed E-state index contributed by atoms with van der Waals surface area (Å²) >= 11 is 1.69. The molecule has 1 fully saturated rings. The highest BCUT2D eigenvalue weighted by atomic mass is 32.1. The molecule has 1 saturated carbocycles. The predicted molar refractivity (Wildman–Crippen MR) is 83.5 cm³/mol. The molecule has 0 spiro atoms. The molecule has 0 amide bonds. The summed E-state index contributed by atoms with van der Waals surface area (Å²) in [5, 5.41) is 6.59. The number of thiazole rings is 1. The van der Waals surface area contributed by atoms with E-state index in [1.54, 1.807) is 11.3 Å². The summed E-state index contributed by atoms with van der Waals surface area (Å²) in [5.41, 5.74) is 2.20. The van der Waals surface area contributed by atoms with Crippen molar-refractivity contribution in [3.63, 3.8) is 0 Å². The number of aromatic nitrogens is 1. The van der Waals surface area contributed by atoms with Crippen LogP contribution in [0.3, 0.4) is 0 Å². The van der Waals surface area contributed by atoms with Gasteiger partial charge in [-0.1, -0.05) is 0 Å². The summed E-state index contributed by atoms with van der Waals surface area (Å²) in [5.74, 6) is 0.979. The van der Waals surface area contributed by atoms with Crippen molar-refractivity contribution in [2.24, 2.45) is 0 Å². The molecular weight excluding hydrogens is 268 g/mol. The number of rotatable bonds is 5. The summed E-state index contributed by atoms with van der Waals surface area (Å²) in [6.45, 7) is 2.80. The molecule has 106 valence electrons. The smallest absolute Gasteiger partial charge is 0.119 e. The lowest BCUT2D eigenvalue weighted by molar-refractivity contribution is 0.210. The van der Waals surface area contributed by atoms with Crippen LogP contribution in [0.4, 0.5) is 5.69 Å². The van der Waals surface area contributed by atoms with Gasteiger partial charge in [-0.3, -0.25) is 0 Å². The number of benzene rings is 1. The molecule has 1 aliphatic carbocycles. The minimum absolute atomic E-state index is 0.423. The van der Waals surface area contributed by atoms with Crippen LogP contribution < -0.4 is 10.1 Å². The first-order valence-corrected chi connectivity index (χ1v) is 8.09. The lowest BCUT2D eigenvalue weighted by atomic mass is 10.2. The second-order valence-electron chi connectivity index (χ2n) is 5.26. The number of aryl methyl sites for hydroxylation is 1. The van der Waals surface area contributed by atoms with E-state index in [1.807, 2.05) is 19.1 Å². The Morgan fingerprint density at radius 1 is 1.25 bits per heavy atom. The van der Waals surface area contributed by atoms with E-state index >= 15 is 0 Å². The molecule has 0 unspecified atom stereocenters. The number of ether oxygens (including phenoxy) is 1. The van der Waals surface area contributed by atoms with Gasteiger partial charge in [0, 0.05) is 11.1 Å². The average molecular weight is 288 g/mol. The van der Waals surface area contributed by atoms with Crippen molar-refractivity contribution in [2.45, 2.75) is 45.3 Å². The minimum atomic E-state index is 0.423. The third-order valence-corrected chi connectivity index (χ3v) is 4.42. The van der Waals surface area contributed by atoms with Crippen molar-refractivity contribution < 1.29 is 4.74 Å². The van der Waals surface area contributed by atoms with Crippen LogP contribution in [-0.4, -0.2) is 11.1 Å². The Bertz CT molecular complexity index is 544. The number of hydrogen-bond acceptors (Lipinski definition) is 4. The maximum atomic E-state index is 5.96. The van der Waals surface area contributed by atoms with Gasteiger partial charge in [0.2, 0.25) is 0 Å². The molecule has 3 rings (SSSR count). The van der Waals surface area contributed by atoms with E-state index in [0.29, 0.717) is 6.10 Å². The molecule has 0 saturated heterocycles. The van der Waals surface area contributed by atoms with Crippen molar-refractivity contribution in [1.82, 2.24) is 4.98 Å². The van der Waals surface area contributed by atoms with Crippen LogP contribution in [0.1, 0.15) is 36.4 Å². The van der Waals surface area contributed by atoms with Gasteiger partial charge < -0.3 is 10.1 Å². The molecule has 1 aromatic heterocycles. The van der Waals surface area contributed by atoms with Crippen molar-refractivity contribution in [1.29, 1.82) is 0 Å². The molecule has 0 bridgehead atoms. The van der Waals surface area contributed by atoms with Crippen LogP contribution in [-0.2, 0) is 6.54 Å². The van der Waals surface area contributed by atoms with Gasteiger partial charge in [-0.25, -0.2) is 4.98 Å². The Kier molecular flexibility index (Phi) is 4.21. The Balaban J connectivity index is 1.52. The highest BCUT2D eigenvalue weighted by molar-refractivity contribution is 7.09. The minimum Gasteiger partial charge on any atom is -0.490 e. The third-order valence-electron chi connectivity index (χ3n) is 3.60. The van der Waals surface area contributed by atoms with E-state index < -0.39 is 0 Å². The van der Waals surface area contributed by atoms with E-state index in [4.69, 9.17) is 4.74 Å². The fraction of sp³-hybridized carbons (Fsp3) is 0.438. The Morgan fingerprint density at radius 3 is 2.65 bits per heavy atom. The Labute approximate surface area is 124 Å². The van der Waals surface area contributed by atoms with Gasteiger partial charge in [0.1, 0.15) is 5.75 Å². The van der Waals surface area contributed by atoms with E-state index in [2.05, 4.69) is 27.8 Å². The number of nitrogens with zero attached hydrogens (tertiary/aromatic N) is 1. The summed E-state index contributed by atoms with van der Waals surface area (Å²) < 4.78 is 5.96. The zero-order valence-corrected chi connectivity index (χ0v) is 12.6. The quantitative estimate of drug-likeness (QED) is 0.886. The molecule has 0 atom stereocenters. The van der Waals surface area contributed by atoms with Crippen LogP contribution >= 0.6 is 11.3 Å². The van der Waals surface area contributed by atoms with Crippen molar-refractivity contribution in [3.05, 3.63) is 40.3 Å². The normalized spacial score (nSPS) is 15.4. The maximum absolute atomic E-state index is 5.96. The van der Waals surface area contributed by atoms with Crippen LogP contribution in [0.5, 0.6) is 5.75 Å². The van der Waals surface area contributed by atoms with E-state index in [1.165, 1.54) is 25.7 Å². The van der Waals surface area contributed by atoms with Crippen LogP contribution in [0.25, 0.3) is 0 Å². The predicted octanol–water partition coefficient (Wildman–Crippen LogP) is 4.39. The zero-order valence-electron chi connectivity index (χ0n) is 11.8. The number of nitrogens with one attached hydrogen (secondary N) is 1. The van der Waals surface area contributed by atoms with Crippen molar-refractivity contribution in [3.8, 4) is 5.75 Å². The first kappa shape index (κ1) is 13.4. The highest BCUT2D eigenvalue weighted by Gasteiger charge is 2.16. The molecule has 1 heterocycles. The van der Waals surface area contributed by atoms with E-state index in [9.17, 15) is 0 Å². The van der Waals surface area contributed by atoms with E-state index in [0.717, 1.165) is 28.7 Å². The van der Waals surface area contributed by atoms with Gasteiger partial charge >= 0.3 is 0 Å². The zero-order chi connectivity index (χ0) is 13.8. The molecule has 0 aliphatic heterocycles. The molecular formula is C16H20N2OS. The highest BCUT2D eigenvalue weighted by Crippen LogP contribution is 2.25. The van der Waals surface area contributed by atoms with Gasteiger partial charge in [0.05, 0.1) is 23.4 Å². The molecule has 20 heavy (non-hydrogen) atoms. The second-order valence-corrected chi connectivity index (χ2v) is 6.32.